The lowest BCUT2D eigenvalue weighted by atomic mass is 9.89. The van der Waals surface area contributed by atoms with Crippen molar-refractivity contribution in [3.63, 3.8) is 0 Å². The third-order valence-corrected chi connectivity index (χ3v) is 3.58. The molecule has 82 valence electrons. The Hall–Kier alpha value is -0.580. The van der Waals surface area contributed by atoms with Crippen LogP contribution < -0.4 is 11.1 Å². The molecule has 1 aliphatic rings. The minimum Gasteiger partial charge on any atom is -0.384 e. The fraction of sp³-hybridized carbons (Fsp3) is 0.455. The van der Waals surface area contributed by atoms with Crippen molar-refractivity contribution in [1.29, 1.82) is 0 Å². The van der Waals surface area contributed by atoms with Gasteiger partial charge < -0.3 is 16.2 Å². The zero-order chi connectivity index (χ0) is 10.9. The van der Waals surface area contributed by atoms with Gasteiger partial charge in [0, 0.05) is 23.1 Å². The topological polar surface area (TPSA) is 58.3 Å². The van der Waals surface area contributed by atoms with Crippen LogP contribution in [0.5, 0.6) is 0 Å². The Morgan fingerprint density at radius 1 is 1.53 bits per heavy atom. The van der Waals surface area contributed by atoms with E-state index in [0.717, 1.165) is 28.7 Å². The zero-order valence-electron chi connectivity index (χ0n) is 8.46. The Balaban J connectivity index is 2.55. The SMILES string of the molecule is NCC1(O)CCCNc2c(Br)cccc21. The van der Waals surface area contributed by atoms with Crippen LogP contribution in [0.25, 0.3) is 0 Å². The molecule has 0 bridgehead atoms. The Labute approximate surface area is 97.8 Å². The fourth-order valence-electron chi connectivity index (χ4n) is 2.03. The van der Waals surface area contributed by atoms with E-state index in [2.05, 4.69) is 21.2 Å². The minimum atomic E-state index is -0.886. The Morgan fingerprint density at radius 3 is 3.07 bits per heavy atom. The summed E-state index contributed by atoms with van der Waals surface area (Å²) in [6, 6.07) is 5.83. The Kier molecular flexibility index (Phi) is 3.00. The van der Waals surface area contributed by atoms with Crippen molar-refractivity contribution < 1.29 is 5.11 Å². The molecule has 1 aromatic rings. The largest absolute Gasteiger partial charge is 0.384 e. The van der Waals surface area contributed by atoms with Gasteiger partial charge in [-0.15, -0.1) is 0 Å². The predicted octanol–water partition coefficient (Wildman–Crippen LogP) is 1.80. The molecule has 0 amide bonds. The number of rotatable bonds is 1. The maximum Gasteiger partial charge on any atom is 0.104 e. The molecule has 15 heavy (non-hydrogen) atoms. The molecular weight excluding hydrogens is 256 g/mol. The normalized spacial score (nSPS) is 25.3. The van der Waals surface area contributed by atoms with Crippen LogP contribution in [0.4, 0.5) is 5.69 Å². The second kappa shape index (κ2) is 4.12. The first kappa shape index (κ1) is 10.9. The number of hydrogen-bond acceptors (Lipinski definition) is 3. The maximum absolute atomic E-state index is 10.5. The fourth-order valence-corrected chi connectivity index (χ4v) is 2.54. The summed E-state index contributed by atoms with van der Waals surface area (Å²) in [4.78, 5) is 0. The highest BCUT2D eigenvalue weighted by Crippen LogP contribution is 2.38. The van der Waals surface area contributed by atoms with Crippen molar-refractivity contribution in [2.45, 2.75) is 18.4 Å². The van der Waals surface area contributed by atoms with Gasteiger partial charge in [-0.25, -0.2) is 0 Å². The molecule has 0 fully saturated rings. The van der Waals surface area contributed by atoms with Crippen LogP contribution in [0.2, 0.25) is 0 Å². The van der Waals surface area contributed by atoms with Crippen molar-refractivity contribution in [1.82, 2.24) is 0 Å². The van der Waals surface area contributed by atoms with Crippen LogP contribution in [-0.4, -0.2) is 18.2 Å². The van der Waals surface area contributed by atoms with Crippen LogP contribution in [-0.2, 0) is 5.60 Å². The number of hydrogen-bond donors (Lipinski definition) is 3. The van der Waals surface area contributed by atoms with E-state index in [1.807, 2.05) is 18.2 Å². The lowest BCUT2D eigenvalue weighted by Gasteiger charge is -2.27. The molecule has 4 N–H and O–H groups in total. The molecule has 1 atom stereocenters. The number of aliphatic hydroxyl groups is 1. The second-order valence-electron chi connectivity index (χ2n) is 3.93. The summed E-state index contributed by atoms with van der Waals surface area (Å²) in [6.45, 7) is 1.13. The van der Waals surface area contributed by atoms with Crippen molar-refractivity contribution in [3.8, 4) is 0 Å². The number of halogens is 1. The first-order valence-corrected chi connectivity index (χ1v) is 5.92. The van der Waals surface area contributed by atoms with Gasteiger partial charge in [-0.1, -0.05) is 12.1 Å². The first-order valence-electron chi connectivity index (χ1n) is 5.13. The van der Waals surface area contributed by atoms with E-state index >= 15 is 0 Å². The number of fused-ring (bicyclic) bond motifs is 1. The predicted molar refractivity (Wildman–Crippen MR) is 64.8 cm³/mol. The summed E-state index contributed by atoms with van der Waals surface area (Å²) in [5.41, 5.74) is 6.67. The maximum atomic E-state index is 10.5. The van der Waals surface area contributed by atoms with Crippen molar-refractivity contribution >= 4 is 21.6 Å². The molecule has 0 spiro atoms. The van der Waals surface area contributed by atoms with Gasteiger partial charge in [0.15, 0.2) is 0 Å². The van der Waals surface area contributed by atoms with Crippen molar-refractivity contribution in [2.24, 2.45) is 5.73 Å². The molecule has 4 heteroatoms. The van der Waals surface area contributed by atoms with Crippen LogP contribution in [0, 0.1) is 0 Å². The average molecular weight is 271 g/mol. The molecule has 1 heterocycles. The lowest BCUT2D eigenvalue weighted by Crippen LogP contribution is -2.34. The quantitative estimate of drug-likeness (QED) is 0.730. The van der Waals surface area contributed by atoms with Crippen LogP contribution in [0.15, 0.2) is 22.7 Å². The Morgan fingerprint density at radius 2 is 2.33 bits per heavy atom. The van der Waals surface area contributed by atoms with Crippen LogP contribution >= 0.6 is 15.9 Å². The highest BCUT2D eigenvalue weighted by molar-refractivity contribution is 9.10. The molecule has 0 radical (unpaired) electrons. The van der Waals surface area contributed by atoms with E-state index in [1.165, 1.54) is 0 Å². The van der Waals surface area contributed by atoms with Gasteiger partial charge in [-0.05, 0) is 34.8 Å². The number of nitrogens with one attached hydrogen (secondary N) is 1. The zero-order valence-corrected chi connectivity index (χ0v) is 10.0. The van der Waals surface area contributed by atoms with Gasteiger partial charge in [-0.3, -0.25) is 0 Å². The molecule has 0 saturated carbocycles. The average Bonchev–Trinajstić information content (AvgIpc) is 2.41. The van der Waals surface area contributed by atoms with Gasteiger partial charge in [0.25, 0.3) is 0 Å². The molecule has 1 aliphatic heterocycles. The second-order valence-corrected chi connectivity index (χ2v) is 4.78. The summed E-state index contributed by atoms with van der Waals surface area (Å²) in [5, 5.41) is 13.8. The number of para-hydroxylation sites is 1. The summed E-state index contributed by atoms with van der Waals surface area (Å²) in [6.07, 6.45) is 1.63. The number of nitrogens with two attached hydrogens (primary N) is 1. The van der Waals surface area contributed by atoms with Crippen LogP contribution in [0.1, 0.15) is 18.4 Å². The third kappa shape index (κ3) is 1.89. The van der Waals surface area contributed by atoms with Gasteiger partial charge >= 0.3 is 0 Å². The van der Waals surface area contributed by atoms with Gasteiger partial charge in [0.2, 0.25) is 0 Å². The summed E-state index contributed by atoms with van der Waals surface area (Å²) in [7, 11) is 0. The highest BCUT2D eigenvalue weighted by atomic mass is 79.9. The minimum absolute atomic E-state index is 0.262. The van der Waals surface area contributed by atoms with Crippen LogP contribution in [0.3, 0.4) is 0 Å². The van der Waals surface area contributed by atoms with E-state index in [0.29, 0.717) is 6.42 Å². The summed E-state index contributed by atoms with van der Waals surface area (Å²) >= 11 is 3.48. The molecule has 0 saturated heterocycles. The van der Waals surface area contributed by atoms with Crippen molar-refractivity contribution in [2.75, 3.05) is 18.4 Å². The van der Waals surface area contributed by atoms with Gasteiger partial charge in [0.1, 0.15) is 5.60 Å². The van der Waals surface area contributed by atoms with E-state index in [4.69, 9.17) is 5.73 Å². The third-order valence-electron chi connectivity index (χ3n) is 2.92. The first-order chi connectivity index (χ1) is 7.17. The smallest absolute Gasteiger partial charge is 0.104 e. The molecule has 1 unspecified atom stereocenters. The molecule has 0 aromatic heterocycles. The number of anilines is 1. The lowest BCUT2D eigenvalue weighted by molar-refractivity contribution is 0.0378. The molecule has 2 rings (SSSR count). The van der Waals surface area contributed by atoms with Gasteiger partial charge in [0.05, 0.1) is 5.69 Å². The van der Waals surface area contributed by atoms with E-state index in [1.54, 1.807) is 0 Å². The monoisotopic (exact) mass is 270 g/mol. The summed E-state index contributed by atoms with van der Waals surface area (Å²) < 4.78 is 0.980. The molecule has 0 aliphatic carbocycles. The highest BCUT2D eigenvalue weighted by Gasteiger charge is 2.32. The summed E-state index contributed by atoms with van der Waals surface area (Å²) in [5.74, 6) is 0. The van der Waals surface area contributed by atoms with Gasteiger partial charge in [-0.2, -0.15) is 0 Å². The van der Waals surface area contributed by atoms with E-state index in [9.17, 15) is 5.11 Å². The van der Waals surface area contributed by atoms with E-state index in [-0.39, 0.29) is 6.54 Å². The Bertz CT molecular complexity index is 370. The van der Waals surface area contributed by atoms with E-state index < -0.39 is 5.60 Å². The number of benzene rings is 1. The standard InChI is InChI=1S/C11H15BrN2O/c12-9-4-1-3-8-10(9)14-6-2-5-11(8,15)7-13/h1,3-4,14-15H,2,5-7,13H2. The van der Waals surface area contributed by atoms with Crippen molar-refractivity contribution in [3.05, 3.63) is 28.2 Å². The molecule has 1 aromatic carbocycles. The molecule has 3 nitrogen and oxygen atoms in total. The molecular formula is C11H15BrN2O.